The van der Waals surface area contributed by atoms with E-state index in [0.29, 0.717) is 12.8 Å². The van der Waals surface area contributed by atoms with Crippen LogP contribution in [0.25, 0.3) is 0 Å². The standard InChI is InChI=1S/C22H31N3O3/c1-16(12-13-18-10-6-5-7-11-18)23-19(26)17(2)25-20(27)22(24-21(25)28)14-8-3-4-9-15-22/h5-7,10-11,16-17H,3-4,8-9,12-15H2,1-2H3,(H,23,26)(H,24,28)/t16-,17+/m0/s1. The van der Waals surface area contributed by atoms with E-state index in [0.717, 1.165) is 43.4 Å². The molecule has 1 aliphatic heterocycles. The highest BCUT2D eigenvalue weighted by atomic mass is 16.2. The lowest BCUT2D eigenvalue weighted by atomic mass is 9.90. The Balaban J connectivity index is 1.57. The minimum Gasteiger partial charge on any atom is -0.352 e. The molecule has 1 spiro atoms. The quantitative estimate of drug-likeness (QED) is 0.739. The summed E-state index contributed by atoms with van der Waals surface area (Å²) in [5.74, 6) is -0.520. The molecule has 1 aromatic carbocycles. The van der Waals surface area contributed by atoms with Gasteiger partial charge in [0.2, 0.25) is 5.91 Å². The third kappa shape index (κ3) is 4.37. The highest BCUT2D eigenvalue weighted by Crippen LogP contribution is 2.33. The molecule has 6 nitrogen and oxygen atoms in total. The van der Waals surface area contributed by atoms with E-state index < -0.39 is 17.6 Å². The van der Waals surface area contributed by atoms with Crippen LogP contribution in [0.15, 0.2) is 30.3 Å². The van der Waals surface area contributed by atoms with Crippen molar-refractivity contribution in [2.45, 2.75) is 82.8 Å². The maximum absolute atomic E-state index is 13.1. The van der Waals surface area contributed by atoms with E-state index in [1.165, 1.54) is 5.56 Å². The van der Waals surface area contributed by atoms with E-state index >= 15 is 0 Å². The van der Waals surface area contributed by atoms with Gasteiger partial charge in [-0.2, -0.15) is 0 Å². The van der Waals surface area contributed by atoms with E-state index in [1.807, 2.05) is 25.1 Å². The lowest BCUT2D eigenvalue weighted by Crippen LogP contribution is -2.51. The topological polar surface area (TPSA) is 78.5 Å². The lowest BCUT2D eigenvalue weighted by Gasteiger charge is -2.27. The molecular formula is C22H31N3O3. The molecule has 1 saturated carbocycles. The van der Waals surface area contributed by atoms with Crippen molar-refractivity contribution in [1.29, 1.82) is 0 Å². The second kappa shape index (κ2) is 8.76. The van der Waals surface area contributed by atoms with Crippen molar-refractivity contribution in [2.24, 2.45) is 0 Å². The number of nitrogens with zero attached hydrogens (tertiary/aromatic N) is 1. The summed E-state index contributed by atoms with van der Waals surface area (Å²) < 4.78 is 0. The van der Waals surface area contributed by atoms with Crippen LogP contribution in [-0.2, 0) is 16.0 Å². The highest BCUT2D eigenvalue weighted by Gasteiger charge is 2.53. The van der Waals surface area contributed by atoms with Gasteiger partial charge >= 0.3 is 6.03 Å². The fourth-order valence-electron chi connectivity index (χ4n) is 4.24. The first kappa shape index (κ1) is 20.4. The summed E-state index contributed by atoms with van der Waals surface area (Å²) in [6.07, 6.45) is 7.01. The molecule has 1 saturated heterocycles. The van der Waals surface area contributed by atoms with Crippen molar-refractivity contribution >= 4 is 17.8 Å². The first-order chi connectivity index (χ1) is 13.4. The Morgan fingerprint density at radius 3 is 2.39 bits per heavy atom. The van der Waals surface area contributed by atoms with E-state index in [9.17, 15) is 14.4 Å². The molecule has 6 heteroatoms. The first-order valence-electron chi connectivity index (χ1n) is 10.4. The molecule has 1 aliphatic carbocycles. The van der Waals surface area contributed by atoms with Crippen LogP contribution < -0.4 is 10.6 Å². The van der Waals surface area contributed by atoms with Gasteiger partial charge in [-0.05, 0) is 45.1 Å². The minimum atomic E-state index is -0.811. The number of carbonyl (C=O) groups excluding carboxylic acids is 3. The zero-order valence-corrected chi connectivity index (χ0v) is 16.9. The van der Waals surface area contributed by atoms with Gasteiger partial charge in [0, 0.05) is 6.04 Å². The number of urea groups is 1. The Hall–Kier alpha value is -2.37. The molecule has 1 aromatic rings. The monoisotopic (exact) mass is 385 g/mol. The molecule has 4 amide bonds. The number of aryl methyl sites for hydroxylation is 1. The SMILES string of the molecule is C[C@H](C(=O)N[C@@H](C)CCc1ccccc1)N1C(=O)NC2(CCCCCC2)C1=O. The largest absolute Gasteiger partial charge is 0.352 e. The Bertz CT molecular complexity index is 711. The van der Waals surface area contributed by atoms with Gasteiger partial charge in [0.1, 0.15) is 11.6 Å². The molecule has 0 unspecified atom stereocenters. The van der Waals surface area contributed by atoms with Crippen LogP contribution in [-0.4, -0.2) is 40.4 Å². The van der Waals surface area contributed by atoms with Crippen molar-refractivity contribution in [3.8, 4) is 0 Å². The zero-order valence-electron chi connectivity index (χ0n) is 16.9. The maximum atomic E-state index is 13.1. The summed E-state index contributed by atoms with van der Waals surface area (Å²) in [5, 5.41) is 5.86. The molecule has 28 heavy (non-hydrogen) atoms. The van der Waals surface area contributed by atoms with Crippen LogP contribution >= 0.6 is 0 Å². The molecule has 0 aromatic heterocycles. The summed E-state index contributed by atoms with van der Waals surface area (Å²) in [7, 11) is 0. The van der Waals surface area contributed by atoms with Crippen molar-refractivity contribution in [3.05, 3.63) is 35.9 Å². The molecule has 2 fully saturated rings. The summed E-state index contributed by atoms with van der Waals surface area (Å²) >= 11 is 0. The average Bonchev–Trinajstić information content (AvgIpc) is 2.83. The maximum Gasteiger partial charge on any atom is 0.325 e. The lowest BCUT2D eigenvalue weighted by molar-refractivity contribution is -0.138. The molecule has 2 atom stereocenters. The average molecular weight is 386 g/mol. The summed E-state index contributed by atoms with van der Waals surface area (Å²) in [6, 6.07) is 8.83. The summed E-state index contributed by atoms with van der Waals surface area (Å²) in [4.78, 5) is 39.4. The van der Waals surface area contributed by atoms with E-state index in [-0.39, 0.29) is 17.9 Å². The summed E-state index contributed by atoms with van der Waals surface area (Å²) in [6.45, 7) is 3.58. The van der Waals surface area contributed by atoms with Crippen LogP contribution in [0.1, 0.15) is 64.4 Å². The van der Waals surface area contributed by atoms with Gasteiger partial charge in [-0.3, -0.25) is 9.59 Å². The van der Waals surface area contributed by atoms with Crippen LogP contribution in [0.3, 0.4) is 0 Å². The molecule has 152 valence electrons. The van der Waals surface area contributed by atoms with E-state index in [2.05, 4.69) is 22.8 Å². The van der Waals surface area contributed by atoms with Gasteiger partial charge in [0.05, 0.1) is 0 Å². The number of amides is 4. The Labute approximate surface area is 167 Å². The number of hydrogen-bond donors (Lipinski definition) is 2. The van der Waals surface area contributed by atoms with Crippen LogP contribution in [0, 0.1) is 0 Å². The first-order valence-corrected chi connectivity index (χ1v) is 10.4. The second-order valence-electron chi connectivity index (χ2n) is 8.21. The number of rotatable bonds is 6. The van der Waals surface area contributed by atoms with Gasteiger partial charge in [-0.15, -0.1) is 0 Å². The number of imide groups is 1. The number of benzene rings is 1. The second-order valence-corrected chi connectivity index (χ2v) is 8.21. The Morgan fingerprint density at radius 1 is 1.11 bits per heavy atom. The molecule has 3 rings (SSSR count). The van der Waals surface area contributed by atoms with Crippen molar-refractivity contribution in [1.82, 2.24) is 15.5 Å². The number of hydrogen-bond acceptors (Lipinski definition) is 3. The van der Waals surface area contributed by atoms with Gasteiger partial charge in [-0.25, -0.2) is 9.69 Å². The third-order valence-corrected chi connectivity index (χ3v) is 6.01. The van der Waals surface area contributed by atoms with Crippen LogP contribution in [0.5, 0.6) is 0 Å². The normalized spacial score (nSPS) is 21.1. The van der Waals surface area contributed by atoms with Gasteiger partial charge < -0.3 is 10.6 Å². The van der Waals surface area contributed by atoms with Crippen LogP contribution in [0.4, 0.5) is 4.79 Å². The zero-order chi connectivity index (χ0) is 20.1. The molecule has 0 radical (unpaired) electrons. The third-order valence-electron chi connectivity index (χ3n) is 6.01. The molecule has 2 N–H and O–H groups in total. The smallest absolute Gasteiger partial charge is 0.325 e. The number of nitrogens with one attached hydrogen (secondary N) is 2. The molecule has 0 bridgehead atoms. The highest BCUT2D eigenvalue weighted by molar-refractivity contribution is 6.09. The molecular weight excluding hydrogens is 354 g/mol. The predicted molar refractivity (Wildman–Crippen MR) is 108 cm³/mol. The fraction of sp³-hybridized carbons (Fsp3) is 0.591. The van der Waals surface area contributed by atoms with Gasteiger partial charge in [0.25, 0.3) is 5.91 Å². The number of carbonyl (C=O) groups is 3. The summed E-state index contributed by atoms with van der Waals surface area (Å²) in [5.41, 5.74) is 0.419. The van der Waals surface area contributed by atoms with Crippen molar-refractivity contribution < 1.29 is 14.4 Å². The van der Waals surface area contributed by atoms with E-state index in [4.69, 9.17) is 0 Å². The van der Waals surface area contributed by atoms with Crippen molar-refractivity contribution in [2.75, 3.05) is 0 Å². The van der Waals surface area contributed by atoms with E-state index in [1.54, 1.807) is 6.92 Å². The van der Waals surface area contributed by atoms with Gasteiger partial charge in [-0.1, -0.05) is 56.0 Å². The predicted octanol–water partition coefficient (Wildman–Crippen LogP) is 3.16. The van der Waals surface area contributed by atoms with Crippen molar-refractivity contribution in [3.63, 3.8) is 0 Å². The van der Waals surface area contributed by atoms with Crippen LogP contribution in [0.2, 0.25) is 0 Å². The Morgan fingerprint density at radius 2 is 1.75 bits per heavy atom. The van der Waals surface area contributed by atoms with Gasteiger partial charge in [0.15, 0.2) is 0 Å². The molecule has 1 heterocycles. The minimum absolute atomic E-state index is 0.0391. The fourth-order valence-corrected chi connectivity index (χ4v) is 4.24. The Kier molecular flexibility index (Phi) is 6.37. The molecule has 2 aliphatic rings.